The van der Waals surface area contributed by atoms with Crippen LogP contribution in [0, 0.1) is 13.8 Å². The van der Waals surface area contributed by atoms with Gasteiger partial charge in [0.15, 0.2) is 5.17 Å². The summed E-state index contributed by atoms with van der Waals surface area (Å²) in [6.07, 6.45) is 0. The molecule has 2 heterocycles. The lowest BCUT2D eigenvalue weighted by atomic mass is 10.1. The highest BCUT2D eigenvalue weighted by Gasteiger charge is 2.19. The van der Waals surface area contributed by atoms with Crippen molar-refractivity contribution in [2.24, 2.45) is 10.1 Å². The van der Waals surface area contributed by atoms with Gasteiger partial charge in [-0.05, 0) is 56.3 Å². The summed E-state index contributed by atoms with van der Waals surface area (Å²) in [4.78, 5) is 4.60. The van der Waals surface area contributed by atoms with E-state index >= 15 is 0 Å². The van der Waals surface area contributed by atoms with E-state index in [1.165, 1.54) is 11.4 Å². The Morgan fingerprint density at radius 3 is 2.46 bits per heavy atom. The number of aliphatic imine (C=N–C) groups is 1. The van der Waals surface area contributed by atoms with E-state index < -0.39 is 0 Å². The molecule has 0 bridgehead atoms. The third-order valence-corrected chi connectivity index (χ3v) is 5.57. The lowest BCUT2D eigenvalue weighted by molar-refractivity contribution is 0.414. The molecule has 0 saturated heterocycles. The molecule has 1 aliphatic rings. The molecule has 0 saturated carbocycles. The van der Waals surface area contributed by atoms with Gasteiger partial charge in [0.25, 0.3) is 0 Å². The fourth-order valence-corrected chi connectivity index (χ4v) is 4.09. The van der Waals surface area contributed by atoms with Crippen molar-refractivity contribution in [3.05, 3.63) is 77.6 Å². The second-order valence-electron chi connectivity index (χ2n) is 6.53. The van der Waals surface area contributed by atoms with Crippen LogP contribution >= 0.6 is 11.8 Å². The zero-order valence-electron chi connectivity index (χ0n) is 16.1. The molecule has 4 rings (SSSR count). The number of aromatic nitrogens is 1. The SMILES string of the molecule is COc1ccc(-n2c(C)cc(C3=NNC(=Nc4ccccc4)SC3)c2C)cc1. The Hall–Kier alpha value is -2.99. The second-order valence-corrected chi connectivity index (χ2v) is 7.49. The van der Waals surface area contributed by atoms with E-state index in [0.717, 1.165) is 39.3 Å². The molecule has 6 heteroatoms. The first kappa shape index (κ1) is 18.4. The lowest BCUT2D eigenvalue weighted by Crippen LogP contribution is -2.25. The van der Waals surface area contributed by atoms with E-state index in [-0.39, 0.29) is 0 Å². The number of thioether (sulfide) groups is 1. The Balaban J connectivity index is 1.59. The van der Waals surface area contributed by atoms with Crippen molar-refractivity contribution in [3.8, 4) is 11.4 Å². The number of amidine groups is 1. The van der Waals surface area contributed by atoms with Gasteiger partial charge in [-0.1, -0.05) is 30.0 Å². The van der Waals surface area contributed by atoms with E-state index in [2.05, 4.69) is 52.1 Å². The highest BCUT2D eigenvalue weighted by molar-refractivity contribution is 8.14. The fraction of sp³-hybridized carbons (Fsp3) is 0.182. The average molecular weight is 391 g/mol. The van der Waals surface area contributed by atoms with Crippen LogP contribution in [0.1, 0.15) is 17.0 Å². The van der Waals surface area contributed by atoms with Crippen molar-refractivity contribution in [2.75, 3.05) is 12.9 Å². The van der Waals surface area contributed by atoms with Crippen LogP contribution in [0.4, 0.5) is 5.69 Å². The quantitative estimate of drug-likeness (QED) is 0.694. The van der Waals surface area contributed by atoms with Gasteiger partial charge < -0.3 is 9.30 Å². The van der Waals surface area contributed by atoms with Gasteiger partial charge in [0, 0.05) is 28.4 Å². The van der Waals surface area contributed by atoms with Gasteiger partial charge in [0.05, 0.1) is 18.5 Å². The summed E-state index contributed by atoms with van der Waals surface area (Å²) in [6, 6.07) is 20.2. The van der Waals surface area contributed by atoms with Gasteiger partial charge in [-0.15, -0.1) is 0 Å². The van der Waals surface area contributed by atoms with Crippen LogP contribution in [0.3, 0.4) is 0 Å². The van der Waals surface area contributed by atoms with Gasteiger partial charge in [-0.3, -0.25) is 5.43 Å². The lowest BCUT2D eigenvalue weighted by Gasteiger charge is -2.15. The first-order valence-electron chi connectivity index (χ1n) is 9.08. The molecule has 3 aromatic rings. The van der Waals surface area contributed by atoms with Crippen LogP contribution in [0.25, 0.3) is 5.69 Å². The van der Waals surface area contributed by atoms with Crippen LogP contribution in [0.5, 0.6) is 5.75 Å². The number of rotatable bonds is 4. The van der Waals surface area contributed by atoms with Crippen molar-refractivity contribution in [1.82, 2.24) is 9.99 Å². The van der Waals surface area contributed by atoms with Gasteiger partial charge in [0.2, 0.25) is 0 Å². The normalized spacial score (nSPS) is 15.2. The first-order valence-corrected chi connectivity index (χ1v) is 10.1. The molecule has 2 aromatic carbocycles. The second kappa shape index (κ2) is 7.94. The van der Waals surface area contributed by atoms with Gasteiger partial charge in [-0.2, -0.15) is 5.10 Å². The number of nitrogens with one attached hydrogen (secondary N) is 1. The highest BCUT2D eigenvalue weighted by Crippen LogP contribution is 2.25. The maximum Gasteiger partial charge on any atom is 0.182 e. The number of hydrogen-bond acceptors (Lipinski definition) is 4. The molecular weight excluding hydrogens is 368 g/mol. The standard InChI is InChI=1S/C22H22N4OS/c1-15-13-20(16(2)26(15)18-9-11-19(27-3)12-10-18)21-14-28-22(25-24-21)23-17-7-5-4-6-8-17/h4-13H,14H2,1-3H3,(H,23,25). The molecule has 0 radical (unpaired) electrons. The number of ether oxygens (including phenoxy) is 1. The number of methoxy groups -OCH3 is 1. The maximum absolute atomic E-state index is 5.27. The van der Waals surface area contributed by atoms with Crippen molar-refractivity contribution < 1.29 is 4.74 Å². The van der Waals surface area contributed by atoms with E-state index in [1.807, 2.05) is 42.5 Å². The Kier molecular flexibility index (Phi) is 5.21. The molecule has 0 fully saturated rings. The molecule has 0 amide bonds. The number of hydrogen-bond donors (Lipinski definition) is 1. The molecule has 28 heavy (non-hydrogen) atoms. The molecule has 142 valence electrons. The molecule has 5 nitrogen and oxygen atoms in total. The predicted molar refractivity (Wildman–Crippen MR) is 117 cm³/mol. The van der Waals surface area contributed by atoms with Crippen molar-refractivity contribution in [2.45, 2.75) is 13.8 Å². The van der Waals surface area contributed by atoms with E-state index in [1.54, 1.807) is 18.9 Å². The zero-order valence-corrected chi connectivity index (χ0v) is 17.0. The third-order valence-electron chi connectivity index (χ3n) is 4.69. The number of aryl methyl sites for hydroxylation is 1. The Labute approximate surface area is 169 Å². The minimum absolute atomic E-state index is 0.783. The number of para-hydroxylation sites is 1. The first-order chi connectivity index (χ1) is 13.7. The Morgan fingerprint density at radius 2 is 1.82 bits per heavy atom. The largest absolute Gasteiger partial charge is 0.497 e. The maximum atomic E-state index is 5.27. The predicted octanol–water partition coefficient (Wildman–Crippen LogP) is 4.83. The van der Waals surface area contributed by atoms with Crippen LogP contribution in [0.15, 0.2) is 70.8 Å². The van der Waals surface area contributed by atoms with Gasteiger partial charge in [0.1, 0.15) is 5.75 Å². The van der Waals surface area contributed by atoms with E-state index in [4.69, 9.17) is 4.74 Å². The third kappa shape index (κ3) is 3.68. The van der Waals surface area contributed by atoms with E-state index in [0.29, 0.717) is 0 Å². The minimum Gasteiger partial charge on any atom is -0.497 e. The summed E-state index contributed by atoms with van der Waals surface area (Å²) in [6.45, 7) is 4.25. The molecule has 1 N–H and O–H groups in total. The monoisotopic (exact) mass is 390 g/mol. The van der Waals surface area contributed by atoms with Crippen LogP contribution < -0.4 is 10.2 Å². The summed E-state index contributed by atoms with van der Waals surface area (Å²) in [5.74, 6) is 1.64. The summed E-state index contributed by atoms with van der Waals surface area (Å²) in [7, 11) is 1.68. The van der Waals surface area contributed by atoms with Crippen LogP contribution in [-0.2, 0) is 0 Å². The summed E-state index contributed by atoms with van der Waals surface area (Å²) in [5.41, 5.74) is 9.68. The Bertz CT molecular complexity index is 1040. The van der Waals surface area contributed by atoms with Crippen LogP contribution in [0.2, 0.25) is 0 Å². The highest BCUT2D eigenvalue weighted by atomic mass is 32.2. The molecule has 1 aliphatic heterocycles. The summed E-state index contributed by atoms with van der Waals surface area (Å²) >= 11 is 1.67. The zero-order chi connectivity index (χ0) is 19.5. The molecule has 0 unspecified atom stereocenters. The molecule has 0 spiro atoms. The van der Waals surface area contributed by atoms with E-state index in [9.17, 15) is 0 Å². The van der Waals surface area contributed by atoms with Gasteiger partial charge >= 0.3 is 0 Å². The summed E-state index contributed by atoms with van der Waals surface area (Å²) in [5, 5.41) is 5.41. The summed E-state index contributed by atoms with van der Waals surface area (Å²) < 4.78 is 7.51. The van der Waals surface area contributed by atoms with Crippen molar-refractivity contribution >= 4 is 28.3 Å². The topological polar surface area (TPSA) is 50.9 Å². The molecule has 1 aromatic heterocycles. The molecular formula is C22H22N4OS. The smallest absolute Gasteiger partial charge is 0.182 e. The number of hydrazone groups is 1. The number of nitrogens with zero attached hydrogens (tertiary/aromatic N) is 3. The average Bonchev–Trinajstić information content (AvgIpc) is 3.03. The van der Waals surface area contributed by atoms with Gasteiger partial charge in [-0.25, -0.2) is 4.99 Å². The molecule has 0 aliphatic carbocycles. The van der Waals surface area contributed by atoms with Crippen molar-refractivity contribution in [3.63, 3.8) is 0 Å². The minimum atomic E-state index is 0.783. The molecule has 0 atom stereocenters. The number of benzene rings is 2. The van der Waals surface area contributed by atoms with Crippen molar-refractivity contribution in [1.29, 1.82) is 0 Å². The Morgan fingerprint density at radius 1 is 1.07 bits per heavy atom. The fourth-order valence-electron chi connectivity index (χ4n) is 3.32. The van der Waals surface area contributed by atoms with Crippen LogP contribution in [-0.4, -0.2) is 28.3 Å².